The van der Waals surface area contributed by atoms with Crippen LogP contribution in [0, 0.1) is 0 Å². The van der Waals surface area contributed by atoms with Gasteiger partial charge in [-0.05, 0) is 39.4 Å². The van der Waals surface area contributed by atoms with E-state index in [1.807, 2.05) is 35.6 Å². The predicted molar refractivity (Wildman–Crippen MR) is 189 cm³/mol. The van der Waals surface area contributed by atoms with Crippen molar-refractivity contribution in [2.45, 2.75) is 0 Å². The molecule has 9 aromatic rings. The third-order valence-corrected chi connectivity index (χ3v) is 9.69. The van der Waals surface area contributed by atoms with Crippen molar-refractivity contribution in [1.29, 1.82) is 0 Å². The molecule has 210 valence electrons. The summed E-state index contributed by atoms with van der Waals surface area (Å²) in [7, 11) is 0. The third kappa shape index (κ3) is 4.38. The lowest BCUT2D eigenvalue weighted by Gasteiger charge is -2.11. The first-order valence-electron chi connectivity index (χ1n) is 15.0. The molecule has 4 heteroatoms. The van der Waals surface area contributed by atoms with Crippen LogP contribution in [0.3, 0.4) is 0 Å². The molecule has 45 heavy (non-hydrogen) atoms. The molecule has 2 aromatic heterocycles. The number of thiophene rings is 1. The molecule has 0 radical (unpaired) electrons. The fraction of sp³-hybridized carbons (Fsp3) is 0. The average molecular weight is 592 g/mol. The summed E-state index contributed by atoms with van der Waals surface area (Å²) in [6.07, 6.45) is 0. The fourth-order valence-corrected chi connectivity index (χ4v) is 7.67. The number of benzene rings is 7. The van der Waals surface area contributed by atoms with Crippen LogP contribution in [0.15, 0.2) is 152 Å². The lowest BCUT2D eigenvalue weighted by molar-refractivity contribution is 1.08. The van der Waals surface area contributed by atoms with E-state index in [-0.39, 0.29) is 0 Å². The van der Waals surface area contributed by atoms with Gasteiger partial charge in [-0.3, -0.25) is 0 Å². The highest BCUT2D eigenvalue weighted by molar-refractivity contribution is 7.27. The van der Waals surface area contributed by atoms with Crippen molar-refractivity contribution in [1.82, 2.24) is 15.0 Å². The maximum absolute atomic E-state index is 5.17. The third-order valence-electron chi connectivity index (χ3n) is 8.51. The summed E-state index contributed by atoms with van der Waals surface area (Å²) in [4.78, 5) is 15.3. The van der Waals surface area contributed by atoms with Crippen LogP contribution in [0.2, 0.25) is 0 Å². The number of fused-ring (bicyclic) bond motifs is 7. The maximum atomic E-state index is 5.17. The topological polar surface area (TPSA) is 38.7 Å². The maximum Gasteiger partial charge on any atom is 0.164 e. The molecule has 3 nitrogen and oxygen atoms in total. The van der Waals surface area contributed by atoms with E-state index in [1.165, 1.54) is 41.7 Å². The summed E-state index contributed by atoms with van der Waals surface area (Å²) in [5.74, 6) is 1.99. The van der Waals surface area contributed by atoms with Gasteiger partial charge in [-0.1, -0.05) is 140 Å². The normalized spacial score (nSPS) is 11.6. The van der Waals surface area contributed by atoms with Gasteiger partial charge in [0.2, 0.25) is 0 Å². The van der Waals surface area contributed by atoms with E-state index in [9.17, 15) is 0 Å². The molecule has 0 saturated heterocycles. The summed E-state index contributed by atoms with van der Waals surface area (Å²) in [5, 5.41) is 7.49. The zero-order valence-corrected chi connectivity index (χ0v) is 25.0. The number of rotatable bonds is 4. The molecule has 0 spiro atoms. The summed E-state index contributed by atoms with van der Waals surface area (Å²) >= 11 is 1.84. The Bertz CT molecular complexity index is 2540. The lowest BCUT2D eigenvalue weighted by atomic mass is 9.98. The first-order chi connectivity index (χ1) is 22.3. The minimum atomic E-state index is 0.657. The van der Waals surface area contributed by atoms with E-state index < -0.39 is 0 Å². The average Bonchev–Trinajstić information content (AvgIpc) is 3.51. The van der Waals surface area contributed by atoms with Crippen molar-refractivity contribution in [2.24, 2.45) is 0 Å². The highest BCUT2D eigenvalue weighted by atomic mass is 32.1. The Morgan fingerprint density at radius 1 is 0.378 bits per heavy atom. The van der Waals surface area contributed by atoms with E-state index in [0.29, 0.717) is 17.5 Å². The number of hydrogen-bond donors (Lipinski definition) is 0. The molecule has 0 bridgehead atoms. The van der Waals surface area contributed by atoms with Crippen molar-refractivity contribution < 1.29 is 0 Å². The molecule has 0 N–H and O–H groups in total. The van der Waals surface area contributed by atoms with Crippen molar-refractivity contribution in [3.8, 4) is 45.3 Å². The molecule has 0 saturated carbocycles. The second-order valence-electron chi connectivity index (χ2n) is 11.2. The minimum absolute atomic E-state index is 0.657. The Morgan fingerprint density at radius 2 is 1.00 bits per heavy atom. The second kappa shape index (κ2) is 10.5. The van der Waals surface area contributed by atoms with Crippen LogP contribution in [0.5, 0.6) is 0 Å². The van der Waals surface area contributed by atoms with Crippen LogP contribution in [0.4, 0.5) is 0 Å². The predicted octanol–water partition coefficient (Wildman–Crippen LogP) is 11.2. The van der Waals surface area contributed by atoms with Gasteiger partial charge in [0.1, 0.15) is 0 Å². The SMILES string of the molecule is c1ccc(-c2cccc(-c3nc(-c4ccccc4)nc(-c4cccc5sc6c(ccc7ccc8ccccc8c76)c45)n3)c2)cc1. The Kier molecular flexibility index (Phi) is 6.00. The zero-order valence-electron chi connectivity index (χ0n) is 24.2. The largest absolute Gasteiger partial charge is 0.208 e. The molecule has 2 heterocycles. The van der Waals surface area contributed by atoms with Gasteiger partial charge in [0.25, 0.3) is 0 Å². The van der Waals surface area contributed by atoms with Crippen LogP contribution in [-0.2, 0) is 0 Å². The Balaban J connectivity index is 1.30. The van der Waals surface area contributed by atoms with Gasteiger partial charge in [-0.25, -0.2) is 15.0 Å². The molecule has 0 aliphatic rings. The fourth-order valence-electron chi connectivity index (χ4n) is 6.37. The summed E-state index contributed by atoms with van der Waals surface area (Å²) in [6, 6.07) is 53.2. The van der Waals surface area contributed by atoms with Crippen molar-refractivity contribution in [3.63, 3.8) is 0 Å². The van der Waals surface area contributed by atoms with Gasteiger partial charge < -0.3 is 0 Å². The number of hydrogen-bond acceptors (Lipinski definition) is 4. The molecule has 7 aromatic carbocycles. The van der Waals surface area contributed by atoms with E-state index >= 15 is 0 Å². The molecule has 0 amide bonds. The summed E-state index contributed by atoms with van der Waals surface area (Å²) in [5.41, 5.74) is 5.21. The summed E-state index contributed by atoms with van der Waals surface area (Å²) < 4.78 is 2.51. The lowest BCUT2D eigenvalue weighted by Crippen LogP contribution is -2.00. The Morgan fingerprint density at radius 3 is 1.84 bits per heavy atom. The molecular formula is C41H25N3S. The van der Waals surface area contributed by atoms with E-state index in [0.717, 1.165) is 27.8 Å². The molecule has 0 unspecified atom stereocenters. The van der Waals surface area contributed by atoms with Crippen LogP contribution < -0.4 is 0 Å². The Hall–Kier alpha value is -5.71. The quantitative estimate of drug-likeness (QED) is 0.191. The molecule has 0 aliphatic carbocycles. The Labute approximate surface area is 264 Å². The molecule has 9 rings (SSSR count). The second-order valence-corrected chi connectivity index (χ2v) is 12.3. The monoisotopic (exact) mass is 591 g/mol. The van der Waals surface area contributed by atoms with Crippen LogP contribution in [-0.4, -0.2) is 15.0 Å². The van der Waals surface area contributed by atoms with Crippen molar-refractivity contribution >= 4 is 53.1 Å². The first kappa shape index (κ1) is 25.8. The molecule has 0 fully saturated rings. The van der Waals surface area contributed by atoms with E-state index in [4.69, 9.17) is 15.0 Å². The van der Waals surface area contributed by atoms with Gasteiger partial charge in [-0.2, -0.15) is 0 Å². The van der Waals surface area contributed by atoms with Crippen molar-refractivity contribution in [3.05, 3.63) is 152 Å². The van der Waals surface area contributed by atoms with Crippen LogP contribution in [0.1, 0.15) is 0 Å². The molecular weight excluding hydrogens is 567 g/mol. The highest BCUT2D eigenvalue weighted by Gasteiger charge is 2.18. The van der Waals surface area contributed by atoms with E-state index in [2.05, 4.69) is 127 Å². The smallest absolute Gasteiger partial charge is 0.164 e. The number of aromatic nitrogens is 3. The van der Waals surface area contributed by atoms with Crippen LogP contribution in [0.25, 0.3) is 87.0 Å². The van der Waals surface area contributed by atoms with Gasteiger partial charge in [0.15, 0.2) is 17.5 Å². The summed E-state index contributed by atoms with van der Waals surface area (Å²) in [6.45, 7) is 0. The van der Waals surface area contributed by atoms with Gasteiger partial charge in [0.05, 0.1) is 0 Å². The van der Waals surface area contributed by atoms with E-state index in [1.54, 1.807) is 0 Å². The minimum Gasteiger partial charge on any atom is -0.208 e. The van der Waals surface area contributed by atoms with Crippen molar-refractivity contribution in [2.75, 3.05) is 0 Å². The van der Waals surface area contributed by atoms with Crippen LogP contribution >= 0.6 is 11.3 Å². The van der Waals surface area contributed by atoms with Gasteiger partial charge in [-0.15, -0.1) is 11.3 Å². The molecule has 0 aliphatic heterocycles. The molecule has 0 atom stereocenters. The zero-order chi connectivity index (χ0) is 29.7. The number of nitrogens with zero attached hydrogens (tertiary/aromatic N) is 3. The van der Waals surface area contributed by atoms with Gasteiger partial charge in [0, 0.05) is 42.2 Å². The highest BCUT2D eigenvalue weighted by Crippen LogP contribution is 2.44. The van der Waals surface area contributed by atoms with Gasteiger partial charge >= 0.3 is 0 Å². The standard InChI is InChI=1S/C41H25N3S/c1-3-11-26(12-4-1)30-16-9-17-31(25-30)40-42-39(29-14-5-2-6-15-29)43-41(44-40)34-19-10-20-35-37(34)33-24-23-28-22-21-27-13-7-8-18-32(27)36(28)38(33)45-35/h1-25H. The first-order valence-corrected chi connectivity index (χ1v) is 15.9.